The van der Waals surface area contributed by atoms with Crippen LogP contribution >= 0.6 is 15.9 Å². The zero-order valence-corrected chi connectivity index (χ0v) is 9.80. The van der Waals surface area contributed by atoms with E-state index in [1.807, 2.05) is 7.05 Å². The molecule has 0 bridgehead atoms. The minimum Gasteiger partial charge on any atom is -0.372 e. The summed E-state index contributed by atoms with van der Waals surface area (Å²) in [7, 11) is 1.84. The smallest absolute Gasteiger partial charge is 0.146 e. The van der Waals surface area contributed by atoms with E-state index in [9.17, 15) is 0 Å². The first-order chi connectivity index (χ1) is 6.72. The zero-order valence-electron chi connectivity index (χ0n) is 8.21. The highest BCUT2D eigenvalue weighted by molar-refractivity contribution is 9.10. The molecule has 2 atom stereocenters. The van der Waals surface area contributed by atoms with Gasteiger partial charge in [0.2, 0.25) is 0 Å². The Balaban J connectivity index is 2.16. The van der Waals surface area contributed by atoms with Gasteiger partial charge in [-0.2, -0.15) is 0 Å². The Morgan fingerprint density at radius 1 is 1.43 bits per heavy atom. The summed E-state index contributed by atoms with van der Waals surface area (Å²) in [6, 6.07) is 0.575. The Hall–Kier alpha value is -0.840. The molecule has 1 aromatic rings. The predicted molar refractivity (Wildman–Crippen MR) is 60.5 cm³/mol. The lowest BCUT2D eigenvalue weighted by atomic mass is 10.4. The summed E-state index contributed by atoms with van der Waals surface area (Å²) in [6.07, 6.45) is 2.79. The van der Waals surface area contributed by atoms with Crippen LogP contribution in [0.15, 0.2) is 10.8 Å². The second-order valence-corrected chi connectivity index (χ2v) is 4.39. The van der Waals surface area contributed by atoms with Crippen LogP contribution in [0.5, 0.6) is 0 Å². The Morgan fingerprint density at radius 2 is 2.07 bits per heavy atom. The van der Waals surface area contributed by atoms with Gasteiger partial charge in [-0.05, 0) is 28.3 Å². The summed E-state index contributed by atoms with van der Waals surface area (Å²) in [5, 5.41) is 6.37. The summed E-state index contributed by atoms with van der Waals surface area (Å²) in [5.41, 5.74) is 0. The van der Waals surface area contributed by atoms with Crippen LogP contribution in [0.4, 0.5) is 11.6 Å². The molecule has 2 rings (SSSR count). The van der Waals surface area contributed by atoms with Crippen molar-refractivity contribution in [2.45, 2.75) is 19.4 Å². The monoisotopic (exact) mass is 256 g/mol. The fourth-order valence-electron chi connectivity index (χ4n) is 1.34. The first-order valence-corrected chi connectivity index (χ1v) is 5.46. The molecule has 76 valence electrons. The standard InChI is InChI=1S/C9H13BrN4/c1-5-3-6(5)14-9-7(10)8(11-2)12-4-13-9/h4-6H,3H2,1-2H3,(H2,11,12,13,14). The van der Waals surface area contributed by atoms with Crippen molar-refractivity contribution in [3.63, 3.8) is 0 Å². The van der Waals surface area contributed by atoms with Gasteiger partial charge in [-0.15, -0.1) is 0 Å². The van der Waals surface area contributed by atoms with Crippen LogP contribution in [0.2, 0.25) is 0 Å². The van der Waals surface area contributed by atoms with E-state index in [4.69, 9.17) is 0 Å². The highest BCUT2D eigenvalue weighted by atomic mass is 79.9. The molecule has 0 radical (unpaired) electrons. The van der Waals surface area contributed by atoms with E-state index in [0.717, 1.165) is 22.0 Å². The SMILES string of the molecule is CNc1ncnc(NC2CC2C)c1Br. The van der Waals surface area contributed by atoms with Crippen LogP contribution in [-0.2, 0) is 0 Å². The average Bonchev–Trinajstić information content (AvgIpc) is 2.86. The quantitative estimate of drug-likeness (QED) is 0.870. The third-order valence-electron chi connectivity index (χ3n) is 2.46. The van der Waals surface area contributed by atoms with Gasteiger partial charge in [0.1, 0.15) is 22.4 Å². The molecule has 2 unspecified atom stereocenters. The molecule has 1 aromatic heterocycles. The van der Waals surface area contributed by atoms with E-state index < -0.39 is 0 Å². The van der Waals surface area contributed by atoms with Crippen molar-refractivity contribution in [3.05, 3.63) is 10.8 Å². The van der Waals surface area contributed by atoms with Gasteiger partial charge in [-0.1, -0.05) is 6.92 Å². The largest absolute Gasteiger partial charge is 0.372 e. The van der Waals surface area contributed by atoms with E-state index in [-0.39, 0.29) is 0 Å². The lowest BCUT2D eigenvalue weighted by Gasteiger charge is -2.08. The molecule has 0 saturated heterocycles. The van der Waals surface area contributed by atoms with E-state index >= 15 is 0 Å². The first kappa shape index (κ1) is 9.71. The van der Waals surface area contributed by atoms with Crippen LogP contribution in [0.3, 0.4) is 0 Å². The average molecular weight is 257 g/mol. The van der Waals surface area contributed by atoms with Crippen LogP contribution in [0, 0.1) is 5.92 Å². The third-order valence-corrected chi connectivity index (χ3v) is 3.21. The van der Waals surface area contributed by atoms with Crippen molar-refractivity contribution in [2.24, 2.45) is 5.92 Å². The first-order valence-electron chi connectivity index (χ1n) is 4.67. The molecule has 2 N–H and O–H groups in total. The third kappa shape index (κ3) is 1.82. The van der Waals surface area contributed by atoms with Crippen molar-refractivity contribution < 1.29 is 0 Å². The normalized spacial score (nSPS) is 24.5. The number of hydrogen-bond donors (Lipinski definition) is 2. The summed E-state index contributed by atoms with van der Waals surface area (Å²) >= 11 is 3.47. The molecular weight excluding hydrogens is 244 g/mol. The molecule has 1 heterocycles. The van der Waals surface area contributed by atoms with Crippen molar-refractivity contribution in [1.82, 2.24) is 9.97 Å². The number of nitrogens with one attached hydrogen (secondary N) is 2. The summed E-state index contributed by atoms with van der Waals surface area (Å²) < 4.78 is 0.904. The summed E-state index contributed by atoms with van der Waals surface area (Å²) in [4.78, 5) is 8.29. The Labute approximate surface area is 91.7 Å². The van der Waals surface area contributed by atoms with E-state index in [1.54, 1.807) is 6.33 Å². The van der Waals surface area contributed by atoms with Crippen molar-refractivity contribution >= 4 is 27.6 Å². The molecule has 0 spiro atoms. The topological polar surface area (TPSA) is 49.8 Å². The van der Waals surface area contributed by atoms with Gasteiger partial charge >= 0.3 is 0 Å². The van der Waals surface area contributed by atoms with Crippen LogP contribution in [0.25, 0.3) is 0 Å². The molecule has 0 amide bonds. The molecule has 1 saturated carbocycles. The molecule has 4 nitrogen and oxygen atoms in total. The molecule has 1 fully saturated rings. The minimum atomic E-state index is 0.575. The van der Waals surface area contributed by atoms with E-state index in [1.165, 1.54) is 6.42 Å². The van der Waals surface area contributed by atoms with Gasteiger partial charge in [0.05, 0.1) is 0 Å². The minimum absolute atomic E-state index is 0.575. The number of aromatic nitrogens is 2. The highest BCUT2D eigenvalue weighted by Gasteiger charge is 2.33. The molecule has 0 aliphatic heterocycles. The van der Waals surface area contributed by atoms with Gasteiger partial charge in [0, 0.05) is 13.1 Å². The maximum Gasteiger partial charge on any atom is 0.146 e. The fourth-order valence-corrected chi connectivity index (χ4v) is 1.86. The second kappa shape index (κ2) is 3.73. The molecule has 1 aliphatic carbocycles. The number of rotatable bonds is 3. The lowest BCUT2D eigenvalue weighted by molar-refractivity contribution is 0.920. The number of hydrogen-bond acceptors (Lipinski definition) is 4. The maximum atomic E-state index is 4.19. The second-order valence-electron chi connectivity index (χ2n) is 3.60. The summed E-state index contributed by atoms with van der Waals surface area (Å²) in [6.45, 7) is 2.23. The van der Waals surface area contributed by atoms with Gasteiger partial charge in [0.25, 0.3) is 0 Å². The van der Waals surface area contributed by atoms with Gasteiger partial charge in [-0.25, -0.2) is 9.97 Å². The number of anilines is 2. The molecule has 0 aromatic carbocycles. The van der Waals surface area contributed by atoms with Crippen LogP contribution < -0.4 is 10.6 Å². The summed E-state index contributed by atoms with van der Waals surface area (Å²) in [5.74, 6) is 2.45. The van der Waals surface area contributed by atoms with Gasteiger partial charge in [0.15, 0.2) is 0 Å². The molecular formula is C9H13BrN4. The van der Waals surface area contributed by atoms with Crippen molar-refractivity contribution in [3.8, 4) is 0 Å². The lowest BCUT2D eigenvalue weighted by Crippen LogP contribution is -2.07. The van der Waals surface area contributed by atoms with Crippen molar-refractivity contribution in [2.75, 3.05) is 17.7 Å². The zero-order chi connectivity index (χ0) is 10.1. The predicted octanol–water partition coefficient (Wildman–Crippen LogP) is 2.10. The molecule has 1 aliphatic rings. The highest BCUT2D eigenvalue weighted by Crippen LogP contribution is 2.35. The molecule has 14 heavy (non-hydrogen) atoms. The van der Waals surface area contributed by atoms with Crippen LogP contribution in [0.1, 0.15) is 13.3 Å². The molecule has 5 heteroatoms. The van der Waals surface area contributed by atoms with E-state index in [2.05, 4.69) is 43.5 Å². The maximum absolute atomic E-state index is 4.19. The van der Waals surface area contributed by atoms with Crippen LogP contribution in [-0.4, -0.2) is 23.1 Å². The van der Waals surface area contributed by atoms with Crippen molar-refractivity contribution in [1.29, 1.82) is 0 Å². The van der Waals surface area contributed by atoms with E-state index in [0.29, 0.717) is 6.04 Å². The Kier molecular flexibility index (Phi) is 2.58. The Morgan fingerprint density at radius 3 is 2.64 bits per heavy atom. The number of nitrogens with zero attached hydrogens (tertiary/aromatic N) is 2. The fraction of sp³-hybridized carbons (Fsp3) is 0.556. The Bertz CT molecular complexity index is 342. The van der Waals surface area contributed by atoms with Gasteiger partial charge < -0.3 is 10.6 Å². The van der Waals surface area contributed by atoms with Gasteiger partial charge in [-0.3, -0.25) is 0 Å². The number of halogens is 1.